The Morgan fingerprint density at radius 3 is 0.722 bits per heavy atom. The summed E-state index contributed by atoms with van der Waals surface area (Å²) in [6.45, 7) is 1.98. The highest BCUT2D eigenvalue weighted by atomic mass is 15.1. The molecule has 3 N–H and O–H groups in total. The summed E-state index contributed by atoms with van der Waals surface area (Å²) in [4.78, 5) is 0. The third-order valence-electron chi connectivity index (χ3n) is 8.32. The van der Waals surface area contributed by atoms with Gasteiger partial charge in [-0.05, 0) is 126 Å². The van der Waals surface area contributed by atoms with Crippen molar-refractivity contribution in [2.24, 2.45) is 30.7 Å². The van der Waals surface area contributed by atoms with Gasteiger partial charge in [0.25, 0.3) is 0 Å². The maximum atomic E-state index is 4.37. The number of nitrogens with one attached hydrogen (secondary N) is 3. The van der Waals surface area contributed by atoms with E-state index >= 15 is 0 Å². The third-order valence-corrected chi connectivity index (χ3v) is 8.32. The maximum Gasteiger partial charge on any atom is 0.0858 e. The molecule has 0 heterocycles. The van der Waals surface area contributed by atoms with Crippen LogP contribution in [0.4, 0.5) is 51.2 Å². The first-order chi connectivity index (χ1) is 26.7. The number of nitrogens with zero attached hydrogens (tertiary/aromatic N) is 6. The van der Waals surface area contributed by atoms with E-state index in [4.69, 9.17) is 0 Å². The molecule has 0 saturated carbocycles. The van der Waals surface area contributed by atoms with Crippen LogP contribution in [0.3, 0.4) is 0 Å². The van der Waals surface area contributed by atoms with E-state index in [2.05, 4.69) is 64.8 Å². The third kappa shape index (κ3) is 10.9. The second-order valence-electron chi connectivity index (χ2n) is 12.5. The van der Waals surface area contributed by atoms with E-state index in [0.717, 1.165) is 51.2 Å². The van der Waals surface area contributed by atoms with Crippen LogP contribution in [0.1, 0.15) is 16.7 Å². The Bertz CT molecular complexity index is 2010. The fraction of sp³-hybridized carbons (Fsp3) is 0.0667. The molecule has 7 aromatic rings. The van der Waals surface area contributed by atoms with Crippen molar-refractivity contribution < 1.29 is 0 Å². The average Bonchev–Trinajstić information content (AvgIpc) is 3.24. The molecule has 54 heavy (non-hydrogen) atoms. The maximum absolute atomic E-state index is 4.37. The first-order valence-corrected chi connectivity index (χ1v) is 17.7. The number of hydrogen-bond donors (Lipinski definition) is 3. The Labute approximate surface area is 315 Å². The Hall–Kier alpha value is -7.26. The number of azo groups is 3. The average molecular weight is 706 g/mol. The molecule has 7 rings (SSSR count). The Kier molecular flexibility index (Phi) is 11.9. The van der Waals surface area contributed by atoms with Gasteiger partial charge in [-0.1, -0.05) is 72.8 Å². The quantitative estimate of drug-likeness (QED) is 0.0923. The minimum absolute atomic E-state index is 0.661. The van der Waals surface area contributed by atoms with Crippen LogP contribution in [0.5, 0.6) is 0 Å². The van der Waals surface area contributed by atoms with Crippen LogP contribution in [0.15, 0.2) is 213 Å². The molecule has 0 aliphatic heterocycles. The Morgan fingerprint density at radius 2 is 0.481 bits per heavy atom. The van der Waals surface area contributed by atoms with Gasteiger partial charge >= 0.3 is 0 Å². The van der Waals surface area contributed by atoms with Gasteiger partial charge in [0.05, 0.1) is 34.1 Å². The molecule has 0 unspecified atom stereocenters. The molecule has 9 heteroatoms. The molecule has 0 aliphatic carbocycles. The van der Waals surface area contributed by atoms with Crippen LogP contribution in [0.25, 0.3) is 0 Å². The zero-order valence-corrected chi connectivity index (χ0v) is 29.6. The first-order valence-electron chi connectivity index (χ1n) is 17.7. The van der Waals surface area contributed by atoms with E-state index in [1.54, 1.807) is 0 Å². The van der Waals surface area contributed by atoms with Crippen molar-refractivity contribution in [2.45, 2.75) is 19.6 Å². The molecule has 0 bridgehead atoms. The standard InChI is InChI=1S/C45H39N9/c1-4-10-40(11-5-1)49-52-43-22-16-37(17-23-43)46-31-34-28-35(32-47-38-18-24-44(25-19-38)53-50-41-12-6-2-7-13-41)30-36(29-34)33-48-39-20-26-45(27-21-39)54-51-42-14-8-3-9-15-42/h1-30,46-48H,31-33H2. The summed E-state index contributed by atoms with van der Waals surface area (Å²) >= 11 is 0. The first kappa shape index (κ1) is 35.2. The molecule has 0 aliphatic rings. The van der Waals surface area contributed by atoms with Crippen LogP contribution in [0.2, 0.25) is 0 Å². The van der Waals surface area contributed by atoms with Crippen molar-refractivity contribution in [3.8, 4) is 0 Å². The van der Waals surface area contributed by atoms with E-state index in [1.165, 1.54) is 16.7 Å². The number of hydrogen-bond acceptors (Lipinski definition) is 9. The Balaban J connectivity index is 1.01. The van der Waals surface area contributed by atoms with Gasteiger partial charge in [-0.15, -0.1) is 0 Å². The zero-order chi connectivity index (χ0) is 36.6. The number of rotatable bonds is 15. The summed E-state index contributed by atoms with van der Waals surface area (Å²) in [5.74, 6) is 0. The van der Waals surface area contributed by atoms with Crippen molar-refractivity contribution in [3.63, 3.8) is 0 Å². The van der Waals surface area contributed by atoms with Gasteiger partial charge in [0.1, 0.15) is 0 Å². The van der Waals surface area contributed by atoms with Crippen LogP contribution in [0, 0.1) is 0 Å². The highest BCUT2D eigenvalue weighted by molar-refractivity contribution is 5.54. The molecule has 7 aromatic carbocycles. The van der Waals surface area contributed by atoms with E-state index in [0.29, 0.717) is 19.6 Å². The molecule has 0 fully saturated rings. The van der Waals surface area contributed by atoms with Crippen LogP contribution in [-0.4, -0.2) is 0 Å². The van der Waals surface area contributed by atoms with Crippen molar-refractivity contribution in [3.05, 3.63) is 199 Å². The molecule has 264 valence electrons. The molecule has 0 aromatic heterocycles. The van der Waals surface area contributed by atoms with E-state index in [9.17, 15) is 0 Å². The smallest absolute Gasteiger partial charge is 0.0858 e. The molecule has 0 radical (unpaired) electrons. The lowest BCUT2D eigenvalue weighted by Gasteiger charge is -2.14. The summed E-state index contributed by atoms with van der Waals surface area (Å²) < 4.78 is 0. The topological polar surface area (TPSA) is 110 Å². The normalized spacial score (nSPS) is 11.3. The van der Waals surface area contributed by atoms with Crippen molar-refractivity contribution in [2.75, 3.05) is 16.0 Å². The molecule has 0 atom stereocenters. The summed E-state index contributed by atoms with van der Waals surface area (Å²) in [6.07, 6.45) is 0. The van der Waals surface area contributed by atoms with Crippen molar-refractivity contribution >= 4 is 51.2 Å². The highest BCUT2D eigenvalue weighted by Gasteiger charge is 2.05. The second kappa shape index (κ2) is 18.3. The monoisotopic (exact) mass is 705 g/mol. The van der Waals surface area contributed by atoms with E-state index in [1.807, 2.05) is 164 Å². The van der Waals surface area contributed by atoms with Crippen molar-refractivity contribution in [1.82, 2.24) is 0 Å². The number of anilines is 3. The van der Waals surface area contributed by atoms with Gasteiger partial charge in [-0.25, -0.2) is 0 Å². The van der Waals surface area contributed by atoms with Gasteiger partial charge in [0.15, 0.2) is 0 Å². The predicted octanol–water partition coefficient (Wildman–Crippen LogP) is 13.8. The van der Waals surface area contributed by atoms with Crippen LogP contribution < -0.4 is 16.0 Å². The summed E-state index contributed by atoms with van der Waals surface area (Å²) in [6, 6.07) is 59.8. The van der Waals surface area contributed by atoms with Gasteiger partial charge in [0, 0.05) is 36.7 Å². The summed E-state index contributed by atoms with van der Waals surface area (Å²) in [5, 5.41) is 36.8. The molecule has 9 nitrogen and oxygen atoms in total. The SMILES string of the molecule is c1ccc(N=Nc2ccc(NCc3cc(CNc4ccc(N=Nc5ccccc5)cc4)cc(CNc4ccc(N=Nc5ccccc5)cc4)c3)cc2)cc1. The zero-order valence-electron chi connectivity index (χ0n) is 29.6. The van der Waals surface area contributed by atoms with Gasteiger partial charge in [-0.3, -0.25) is 0 Å². The molecule has 0 spiro atoms. The minimum atomic E-state index is 0.661. The molecular weight excluding hydrogens is 667 g/mol. The van der Waals surface area contributed by atoms with Gasteiger partial charge in [-0.2, -0.15) is 30.7 Å². The lowest BCUT2D eigenvalue weighted by Crippen LogP contribution is -2.06. The minimum Gasteiger partial charge on any atom is -0.381 e. The van der Waals surface area contributed by atoms with Gasteiger partial charge < -0.3 is 16.0 Å². The fourth-order valence-electron chi connectivity index (χ4n) is 5.53. The fourth-order valence-corrected chi connectivity index (χ4v) is 5.53. The second-order valence-corrected chi connectivity index (χ2v) is 12.5. The van der Waals surface area contributed by atoms with E-state index < -0.39 is 0 Å². The lowest BCUT2D eigenvalue weighted by molar-refractivity contribution is 1.05. The summed E-state index contributed by atoms with van der Waals surface area (Å²) in [5.41, 5.74) is 11.4. The predicted molar refractivity (Wildman–Crippen MR) is 220 cm³/mol. The highest BCUT2D eigenvalue weighted by Crippen LogP contribution is 2.24. The molecular formula is C45H39N9. The number of benzene rings is 7. The Morgan fingerprint density at radius 1 is 0.259 bits per heavy atom. The summed E-state index contributed by atoms with van der Waals surface area (Å²) in [7, 11) is 0. The molecule has 0 amide bonds. The largest absolute Gasteiger partial charge is 0.381 e. The molecule has 0 saturated heterocycles. The van der Waals surface area contributed by atoms with Gasteiger partial charge in [0.2, 0.25) is 0 Å². The van der Waals surface area contributed by atoms with Crippen LogP contribution in [-0.2, 0) is 19.6 Å². The lowest BCUT2D eigenvalue weighted by atomic mass is 10.0. The van der Waals surface area contributed by atoms with Crippen molar-refractivity contribution in [1.29, 1.82) is 0 Å². The van der Waals surface area contributed by atoms with E-state index in [-0.39, 0.29) is 0 Å². The van der Waals surface area contributed by atoms with Crippen LogP contribution >= 0.6 is 0 Å².